The van der Waals surface area contributed by atoms with E-state index < -0.39 is 0 Å². The van der Waals surface area contributed by atoms with Crippen LogP contribution in [0, 0.1) is 12.3 Å². The third kappa shape index (κ3) is 4.01. The molecule has 1 aliphatic rings. The number of nitrogens with zero attached hydrogens (tertiary/aromatic N) is 1. The van der Waals surface area contributed by atoms with Crippen molar-refractivity contribution in [3.63, 3.8) is 0 Å². The number of hydrogen-bond acceptors (Lipinski definition) is 2. The van der Waals surface area contributed by atoms with Crippen molar-refractivity contribution in [1.82, 2.24) is 10.2 Å². The molecule has 2 heteroatoms. The van der Waals surface area contributed by atoms with Gasteiger partial charge < -0.3 is 5.32 Å². The molecule has 98 valence electrons. The molecule has 0 spiro atoms. The van der Waals surface area contributed by atoms with Crippen LogP contribution in [0.4, 0.5) is 0 Å². The van der Waals surface area contributed by atoms with E-state index in [1.54, 1.807) is 0 Å². The van der Waals surface area contributed by atoms with Crippen LogP contribution in [0.5, 0.6) is 0 Å². The van der Waals surface area contributed by atoms with Crippen molar-refractivity contribution in [3.05, 3.63) is 0 Å². The molecule has 0 radical (unpaired) electrons. The van der Waals surface area contributed by atoms with Gasteiger partial charge in [-0.3, -0.25) is 4.90 Å². The fraction of sp³-hybridized carbons (Fsp3) is 0.867. The molecule has 17 heavy (non-hydrogen) atoms. The van der Waals surface area contributed by atoms with E-state index in [-0.39, 0.29) is 0 Å². The lowest BCUT2D eigenvalue weighted by atomic mass is 9.98. The molecule has 3 unspecified atom stereocenters. The topological polar surface area (TPSA) is 15.3 Å². The van der Waals surface area contributed by atoms with E-state index in [1.165, 1.54) is 32.2 Å². The molecule has 0 aliphatic carbocycles. The number of hydrogen-bond donors (Lipinski definition) is 1. The first kappa shape index (κ1) is 14.5. The predicted octanol–water partition coefficient (Wildman–Crippen LogP) is 2.64. The van der Waals surface area contributed by atoms with Crippen molar-refractivity contribution in [2.24, 2.45) is 0 Å². The van der Waals surface area contributed by atoms with Gasteiger partial charge in [-0.25, -0.2) is 0 Å². The second-order valence-corrected chi connectivity index (χ2v) is 5.12. The molecule has 1 rings (SSSR count). The first-order valence-corrected chi connectivity index (χ1v) is 7.19. The molecule has 0 bridgehead atoms. The van der Waals surface area contributed by atoms with Gasteiger partial charge in [0.2, 0.25) is 0 Å². The number of terminal acetylenes is 1. The predicted molar refractivity (Wildman–Crippen MR) is 75.0 cm³/mol. The maximum absolute atomic E-state index is 5.50. The van der Waals surface area contributed by atoms with Crippen LogP contribution in [0.2, 0.25) is 0 Å². The minimum absolute atomic E-state index is 0.575. The molecule has 0 aromatic heterocycles. The van der Waals surface area contributed by atoms with Crippen molar-refractivity contribution < 1.29 is 0 Å². The van der Waals surface area contributed by atoms with Gasteiger partial charge in [-0.05, 0) is 19.3 Å². The summed E-state index contributed by atoms with van der Waals surface area (Å²) in [5.41, 5.74) is 0. The average molecular weight is 236 g/mol. The Labute approximate surface area is 107 Å². The third-order valence-electron chi connectivity index (χ3n) is 3.94. The van der Waals surface area contributed by atoms with E-state index in [0.29, 0.717) is 18.1 Å². The summed E-state index contributed by atoms with van der Waals surface area (Å²) in [5, 5.41) is 3.68. The maximum Gasteiger partial charge on any atom is 0.0242 e. The van der Waals surface area contributed by atoms with Crippen molar-refractivity contribution in [3.8, 4) is 12.3 Å². The van der Waals surface area contributed by atoms with Gasteiger partial charge in [0, 0.05) is 37.6 Å². The van der Waals surface area contributed by atoms with Crippen LogP contribution in [-0.2, 0) is 0 Å². The first-order valence-electron chi connectivity index (χ1n) is 7.19. The van der Waals surface area contributed by atoms with Crippen LogP contribution in [0.1, 0.15) is 52.9 Å². The Kier molecular flexibility index (Phi) is 6.62. The Bertz CT molecular complexity index is 244. The van der Waals surface area contributed by atoms with Gasteiger partial charge in [0.05, 0.1) is 0 Å². The summed E-state index contributed by atoms with van der Waals surface area (Å²) in [7, 11) is 0. The Morgan fingerprint density at radius 3 is 2.71 bits per heavy atom. The zero-order valence-corrected chi connectivity index (χ0v) is 11.7. The summed E-state index contributed by atoms with van der Waals surface area (Å²) in [5.74, 6) is 2.85. The molecule has 1 saturated heterocycles. The lowest BCUT2D eigenvalue weighted by Crippen LogP contribution is -2.59. The standard InChI is InChI=1S/C15H28N2/c1-5-9-13-12-17(14(7-3)10-6-2)15(8-4)11-16-13/h2,13-16H,5,7-12H2,1,3-4H3. The summed E-state index contributed by atoms with van der Waals surface area (Å²) < 4.78 is 0. The van der Waals surface area contributed by atoms with E-state index in [4.69, 9.17) is 6.42 Å². The SMILES string of the molecule is C#CCC(CC)N1CC(CCC)NCC1CC. The van der Waals surface area contributed by atoms with Crippen molar-refractivity contribution >= 4 is 0 Å². The van der Waals surface area contributed by atoms with Gasteiger partial charge in [0.25, 0.3) is 0 Å². The van der Waals surface area contributed by atoms with E-state index in [9.17, 15) is 0 Å². The summed E-state index contributed by atoms with van der Waals surface area (Å²) in [6.07, 6.45) is 11.3. The first-order chi connectivity index (χ1) is 8.26. The van der Waals surface area contributed by atoms with Crippen molar-refractivity contribution in [2.45, 2.75) is 71.0 Å². The molecule has 1 aliphatic heterocycles. The van der Waals surface area contributed by atoms with E-state index >= 15 is 0 Å². The highest BCUT2D eigenvalue weighted by atomic mass is 15.3. The zero-order chi connectivity index (χ0) is 12.7. The molecule has 1 N–H and O–H groups in total. The lowest BCUT2D eigenvalue weighted by Gasteiger charge is -2.44. The summed E-state index contributed by atoms with van der Waals surface area (Å²) in [6.45, 7) is 9.10. The minimum Gasteiger partial charge on any atom is -0.311 e. The Morgan fingerprint density at radius 2 is 2.18 bits per heavy atom. The van der Waals surface area contributed by atoms with E-state index in [0.717, 1.165) is 13.0 Å². The van der Waals surface area contributed by atoms with E-state index in [2.05, 4.69) is 36.9 Å². The number of rotatable bonds is 6. The summed E-state index contributed by atoms with van der Waals surface area (Å²) >= 11 is 0. The van der Waals surface area contributed by atoms with Crippen LogP contribution >= 0.6 is 0 Å². The molecular weight excluding hydrogens is 208 g/mol. The van der Waals surface area contributed by atoms with Gasteiger partial charge in [-0.15, -0.1) is 12.3 Å². The lowest BCUT2D eigenvalue weighted by molar-refractivity contribution is 0.0759. The Morgan fingerprint density at radius 1 is 1.41 bits per heavy atom. The van der Waals surface area contributed by atoms with Crippen LogP contribution in [0.3, 0.4) is 0 Å². The van der Waals surface area contributed by atoms with Crippen molar-refractivity contribution in [1.29, 1.82) is 0 Å². The molecule has 2 nitrogen and oxygen atoms in total. The van der Waals surface area contributed by atoms with Gasteiger partial charge in [0.1, 0.15) is 0 Å². The monoisotopic (exact) mass is 236 g/mol. The molecule has 0 saturated carbocycles. The van der Waals surface area contributed by atoms with Gasteiger partial charge >= 0.3 is 0 Å². The van der Waals surface area contributed by atoms with Gasteiger partial charge in [-0.1, -0.05) is 27.2 Å². The maximum atomic E-state index is 5.50. The van der Waals surface area contributed by atoms with Crippen LogP contribution < -0.4 is 5.32 Å². The highest BCUT2D eigenvalue weighted by Crippen LogP contribution is 2.19. The minimum atomic E-state index is 0.575. The number of piperazine rings is 1. The highest BCUT2D eigenvalue weighted by Gasteiger charge is 2.30. The highest BCUT2D eigenvalue weighted by molar-refractivity contribution is 4.95. The van der Waals surface area contributed by atoms with E-state index in [1.807, 2.05) is 0 Å². The molecule has 0 aromatic carbocycles. The summed E-state index contributed by atoms with van der Waals surface area (Å²) in [4.78, 5) is 2.66. The van der Waals surface area contributed by atoms with Gasteiger partial charge in [0.15, 0.2) is 0 Å². The average Bonchev–Trinajstić information content (AvgIpc) is 2.36. The summed E-state index contributed by atoms with van der Waals surface area (Å²) in [6, 6.07) is 1.91. The molecule has 0 amide bonds. The van der Waals surface area contributed by atoms with Crippen molar-refractivity contribution in [2.75, 3.05) is 13.1 Å². The number of nitrogens with one attached hydrogen (secondary N) is 1. The Balaban J connectivity index is 2.64. The zero-order valence-electron chi connectivity index (χ0n) is 11.7. The molecule has 3 atom stereocenters. The molecule has 1 fully saturated rings. The Hall–Kier alpha value is -0.520. The third-order valence-corrected chi connectivity index (χ3v) is 3.94. The molecule has 0 aromatic rings. The second-order valence-electron chi connectivity index (χ2n) is 5.12. The molecular formula is C15H28N2. The molecule has 1 heterocycles. The second kappa shape index (κ2) is 7.74. The fourth-order valence-corrected chi connectivity index (χ4v) is 2.89. The van der Waals surface area contributed by atoms with Gasteiger partial charge in [-0.2, -0.15) is 0 Å². The van der Waals surface area contributed by atoms with Crippen LogP contribution in [-0.4, -0.2) is 36.1 Å². The van der Waals surface area contributed by atoms with Crippen LogP contribution in [0.25, 0.3) is 0 Å². The normalized spacial score (nSPS) is 27.6. The van der Waals surface area contributed by atoms with Crippen LogP contribution in [0.15, 0.2) is 0 Å². The quantitative estimate of drug-likeness (QED) is 0.713. The fourth-order valence-electron chi connectivity index (χ4n) is 2.89. The smallest absolute Gasteiger partial charge is 0.0242 e. The largest absolute Gasteiger partial charge is 0.311 e.